The van der Waals surface area contributed by atoms with Gasteiger partial charge in [-0.1, -0.05) is 33.1 Å². The van der Waals surface area contributed by atoms with Gasteiger partial charge in [0.1, 0.15) is 5.78 Å². The Kier molecular flexibility index (Phi) is 12.0. The number of likely N-dealkylation sites (tertiary alicyclic amines) is 1. The van der Waals surface area contributed by atoms with E-state index in [2.05, 4.69) is 56.9 Å². The number of carbonyl (C=O) groups is 2. The molecule has 1 amide bonds. The summed E-state index contributed by atoms with van der Waals surface area (Å²) in [4.78, 5) is 44.0. The summed E-state index contributed by atoms with van der Waals surface area (Å²) in [7, 11) is 1.61. The van der Waals surface area contributed by atoms with Gasteiger partial charge in [0.25, 0.3) is 5.96 Å². The third-order valence-corrected chi connectivity index (χ3v) is 11.3. The van der Waals surface area contributed by atoms with E-state index in [4.69, 9.17) is 15.0 Å². The molecule has 0 radical (unpaired) electrons. The number of hydrogen-bond acceptors (Lipinski definition) is 8. The van der Waals surface area contributed by atoms with Crippen LogP contribution in [-0.4, -0.2) is 79.0 Å². The molecule has 2 heterocycles. The number of piperidine rings is 1. The summed E-state index contributed by atoms with van der Waals surface area (Å²) in [5.74, 6) is 0.775. The number of hydrogen-bond donors (Lipinski definition) is 3. The Labute approximate surface area is 269 Å². The molecule has 2 bridgehead atoms. The zero-order chi connectivity index (χ0) is 32.9. The van der Waals surface area contributed by atoms with Crippen molar-refractivity contribution >= 4 is 24.8 Å². The zero-order valence-corrected chi connectivity index (χ0v) is 28.4. The first-order chi connectivity index (χ1) is 21.2. The molecule has 4 N–H and O–H groups in total. The fourth-order valence-electron chi connectivity index (χ4n) is 8.43. The zero-order valence-electron chi connectivity index (χ0n) is 28.4. The molecule has 5 rings (SSSR count). The number of rotatable bonds is 16. The Hall–Kier alpha value is -2.25. The van der Waals surface area contributed by atoms with E-state index in [1.165, 1.54) is 12.8 Å². The van der Waals surface area contributed by atoms with Crippen molar-refractivity contribution in [2.24, 2.45) is 45.7 Å². The van der Waals surface area contributed by atoms with Crippen molar-refractivity contribution in [2.75, 3.05) is 26.7 Å². The monoisotopic (exact) mass is 632 g/mol. The first-order valence-corrected chi connectivity index (χ1v) is 17.2. The number of aliphatic imine (C=N–C) groups is 1. The molecule has 45 heavy (non-hydrogen) atoms. The summed E-state index contributed by atoms with van der Waals surface area (Å²) in [6.07, 6.45) is 8.58. The number of hydrazine groups is 1. The third-order valence-electron chi connectivity index (χ3n) is 11.3. The van der Waals surface area contributed by atoms with Gasteiger partial charge >= 0.3 is 7.12 Å². The van der Waals surface area contributed by atoms with E-state index in [0.29, 0.717) is 49.4 Å². The summed E-state index contributed by atoms with van der Waals surface area (Å²) in [6.45, 7) is 13.5. The summed E-state index contributed by atoms with van der Waals surface area (Å²) in [5.41, 5.74) is 7.25. The van der Waals surface area contributed by atoms with Crippen LogP contribution in [0.25, 0.3) is 0 Å². The first kappa shape index (κ1) is 35.6. The average Bonchev–Trinajstić information content (AvgIpc) is 3.32. The molecule has 3 aliphatic carbocycles. The lowest BCUT2D eigenvalue weighted by Crippen LogP contribution is -2.65. The van der Waals surface area contributed by atoms with Gasteiger partial charge in [-0.05, 0) is 114 Å². The number of nitrogens with one attached hydrogen (secondary N) is 2. The number of carbonyl (C=O) groups excluding carboxylic acids is 2. The lowest BCUT2D eigenvalue weighted by atomic mass is 9.43. The van der Waals surface area contributed by atoms with Crippen molar-refractivity contribution in [3.63, 3.8) is 0 Å². The summed E-state index contributed by atoms with van der Waals surface area (Å²) in [5, 5.41) is 13.1. The van der Waals surface area contributed by atoms with Crippen LogP contribution in [0.5, 0.6) is 0 Å². The van der Waals surface area contributed by atoms with E-state index < -0.39 is 18.1 Å². The molecule has 0 aromatic carbocycles. The molecule has 12 nitrogen and oxygen atoms in total. The molecule has 0 aromatic rings. The van der Waals surface area contributed by atoms with Gasteiger partial charge in [0, 0.05) is 25.3 Å². The number of nitrogens with two attached hydrogens (primary N) is 1. The number of nitro groups is 1. The normalized spacial score (nSPS) is 29.5. The molecule has 5 aliphatic rings. The number of amides is 1. The molecule has 0 aromatic heterocycles. The van der Waals surface area contributed by atoms with E-state index in [0.717, 1.165) is 38.8 Å². The van der Waals surface area contributed by atoms with Crippen LogP contribution in [0.1, 0.15) is 105 Å². The van der Waals surface area contributed by atoms with E-state index in [-0.39, 0.29) is 53.7 Å². The average molecular weight is 633 g/mol. The molecular weight excluding hydrogens is 575 g/mol. The molecule has 0 unspecified atom stereocenters. The molecule has 254 valence electrons. The highest BCUT2D eigenvalue weighted by Crippen LogP contribution is 2.65. The van der Waals surface area contributed by atoms with Gasteiger partial charge in [-0.25, -0.2) is 15.1 Å². The van der Waals surface area contributed by atoms with Crippen LogP contribution in [0, 0.1) is 45.1 Å². The van der Waals surface area contributed by atoms with Crippen LogP contribution in [0.15, 0.2) is 4.99 Å². The standard InChI is InChI=1S/C32H57BN6O6/c1-21(2)17-28(33-44-27-20-24-19-26(31(24,3)4)32(27,5)45-33)36-29(41)23(10-8-14-35-30(34)37-39(42)43)18-25(40)11-7-9-22-12-15-38(6)16-13-22/h21-24,26-28H,7-20H2,1-6H3,(H,36,41)(H3,34,35,37)/t23-,24-,26-,27-,28+,32+/m1/s1. The van der Waals surface area contributed by atoms with E-state index in [1.807, 2.05) is 5.43 Å². The number of guanidine groups is 1. The first-order valence-electron chi connectivity index (χ1n) is 17.2. The van der Waals surface area contributed by atoms with Gasteiger partial charge in [0.15, 0.2) is 5.03 Å². The maximum atomic E-state index is 13.9. The second-order valence-corrected chi connectivity index (χ2v) is 15.4. The molecule has 3 saturated carbocycles. The predicted octanol–water partition coefficient (Wildman–Crippen LogP) is 3.75. The Morgan fingerprint density at radius 1 is 1.18 bits per heavy atom. The Morgan fingerprint density at radius 3 is 2.53 bits per heavy atom. The van der Waals surface area contributed by atoms with Crippen molar-refractivity contribution < 1.29 is 23.9 Å². The van der Waals surface area contributed by atoms with Gasteiger partial charge in [-0.2, -0.15) is 0 Å². The van der Waals surface area contributed by atoms with E-state index >= 15 is 0 Å². The maximum absolute atomic E-state index is 13.9. The number of Topliss-reactive ketones (excluding diaryl/α,β-unsaturated/α-hetero) is 1. The van der Waals surface area contributed by atoms with Crippen LogP contribution in [-0.2, 0) is 18.9 Å². The van der Waals surface area contributed by atoms with Gasteiger partial charge in [-0.15, -0.1) is 0 Å². The molecule has 6 atom stereocenters. The largest absolute Gasteiger partial charge is 0.481 e. The third kappa shape index (κ3) is 8.97. The summed E-state index contributed by atoms with van der Waals surface area (Å²) in [6, 6.07) is 0. The van der Waals surface area contributed by atoms with Gasteiger partial charge in [0.05, 0.1) is 17.6 Å². The van der Waals surface area contributed by atoms with Gasteiger partial charge in [0.2, 0.25) is 5.91 Å². The predicted molar refractivity (Wildman–Crippen MR) is 175 cm³/mol. The van der Waals surface area contributed by atoms with Crippen molar-refractivity contribution in [1.29, 1.82) is 0 Å². The Balaban J connectivity index is 1.38. The van der Waals surface area contributed by atoms with Crippen molar-refractivity contribution in [1.82, 2.24) is 15.6 Å². The molecule has 13 heteroatoms. The Bertz CT molecular complexity index is 1080. The van der Waals surface area contributed by atoms with Crippen molar-refractivity contribution in [3.8, 4) is 0 Å². The quantitative estimate of drug-likeness (QED) is 0.0575. The smallest absolute Gasteiger partial charge is 0.404 e. The molecular formula is C32H57BN6O6. The molecule has 5 fully saturated rings. The van der Waals surface area contributed by atoms with E-state index in [9.17, 15) is 19.7 Å². The second-order valence-electron chi connectivity index (χ2n) is 15.4. The minimum Gasteiger partial charge on any atom is -0.404 e. The summed E-state index contributed by atoms with van der Waals surface area (Å²) >= 11 is 0. The van der Waals surface area contributed by atoms with Gasteiger partial charge in [-0.3, -0.25) is 9.59 Å². The second kappa shape index (κ2) is 15.1. The minimum atomic E-state index is -0.762. The number of ketones is 1. The van der Waals surface area contributed by atoms with Crippen molar-refractivity contribution in [2.45, 2.75) is 123 Å². The SMILES string of the molecule is CC(C)C[C@H](NC(=O)[C@H](CCCN=C(N)N[N+](=O)[O-])CC(=O)CCCC1CCN(C)CC1)B1O[C@@H]2C[C@H]3C[C@H](C3(C)C)[C@]2(C)O1. The van der Waals surface area contributed by atoms with E-state index in [1.54, 1.807) is 0 Å². The van der Waals surface area contributed by atoms with Crippen LogP contribution in [0.4, 0.5) is 0 Å². The van der Waals surface area contributed by atoms with Crippen LogP contribution < -0.4 is 16.5 Å². The van der Waals surface area contributed by atoms with Crippen LogP contribution >= 0.6 is 0 Å². The minimum absolute atomic E-state index is 0.0175. The Morgan fingerprint density at radius 2 is 1.89 bits per heavy atom. The highest BCUT2D eigenvalue weighted by Gasteiger charge is 2.68. The highest BCUT2D eigenvalue weighted by molar-refractivity contribution is 6.47. The molecule has 2 aliphatic heterocycles. The molecule has 2 saturated heterocycles. The number of nitrogens with zero attached hydrogens (tertiary/aromatic N) is 3. The van der Waals surface area contributed by atoms with Gasteiger partial charge < -0.3 is 25.3 Å². The summed E-state index contributed by atoms with van der Waals surface area (Å²) < 4.78 is 13.3. The highest BCUT2D eigenvalue weighted by atomic mass is 16.7. The van der Waals surface area contributed by atoms with Crippen molar-refractivity contribution in [3.05, 3.63) is 10.1 Å². The molecule has 0 spiro atoms. The fraction of sp³-hybridized carbons (Fsp3) is 0.906. The van der Waals surface area contributed by atoms with Crippen LogP contribution in [0.3, 0.4) is 0 Å². The topological polar surface area (TPSA) is 161 Å². The fourth-order valence-corrected chi connectivity index (χ4v) is 8.43. The lowest BCUT2D eigenvalue weighted by Gasteiger charge is -2.64. The lowest BCUT2D eigenvalue weighted by molar-refractivity contribution is -0.525. The van der Waals surface area contributed by atoms with Crippen LogP contribution in [0.2, 0.25) is 0 Å². The maximum Gasteiger partial charge on any atom is 0.481 e.